The number of hydrogen-bond donors (Lipinski definition) is 2. The van der Waals surface area contributed by atoms with Gasteiger partial charge in [-0.2, -0.15) is 0 Å². The van der Waals surface area contributed by atoms with Crippen molar-refractivity contribution < 1.29 is 10.2 Å². The van der Waals surface area contributed by atoms with Gasteiger partial charge in [0, 0.05) is 0 Å². The maximum Gasteiger partial charge on any atom is 0.107 e. The third kappa shape index (κ3) is 1.56. The molecule has 2 nitrogen and oxygen atoms in total. The Kier molecular flexibility index (Phi) is 2.26. The highest BCUT2D eigenvalue weighted by molar-refractivity contribution is 5.29. The summed E-state index contributed by atoms with van der Waals surface area (Å²) in [6.07, 6.45) is 9.89. The van der Waals surface area contributed by atoms with Gasteiger partial charge in [-0.25, -0.2) is 0 Å². The van der Waals surface area contributed by atoms with Crippen LogP contribution in [0.15, 0.2) is 23.8 Å². The molecular weight excluding hydrogens is 164 g/mol. The summed E-state index contributed by atoms with van der Waals surface area (Å²) in [7, 11) is 0. The van der Waals surface area contributed by atoms with Crippen LogP contribution in [0.4, 0.5) is 0 Å². The van der Waals surface area contributed by atoms with E-state index in [-0.39, 0.29) is 0 Å². The molecule has 0 aromatic heterocycles. The monoisotopic (exact) mass is 180 g/mol. The zero-order valence-electron chi connectivity index (χ0n) is 7.74. The second kappa shape index (κ2) is 3.28. The SMILES string of the molecule is OC(C1=CCCC=C1)C1(O)CCC1. The second-order valence-electron chi connectivity index (χ2n) is 4.04. The van der Waals surface area contributed by atoms with E-state index in [4.69, 9.17) is 0 Å². The van der Waals surface area contributed by atoms with Crippen molar-refractivity contribution in [3.05, 3.63) is 23.8 Å². The van der Waals surface area contributed by atoms with Crippen LogP contribution in [-0.2, 0) is 0 Å². The van der Waals surface area contributed by atoms with Gasteiger partial charge >= 0.3 is 0 Å². The van der Waals surface area contributed by atoms with Crippen molar-refractivity contribution in [1.29, 1.82) is 0 Å². The molecule has 0 radical (unpaired) electrons. The Labute approximate surface area is 78.6 Å². The highest BCUT2D eigenvalue weighted by Crippen LogP contribution is 2.38. The molecule has 1 saturated carbocycles. The highest BCUT2D eigenvalue weighted by atomic mass is 16.3. The number of allylic oxidation sites excluding steroid dienone is 2. The predicted octanol–water partition coefficient (Wildman–Crippen LogP) is 1.54. The minimum Gasteiger partial charge on any atom is -0.387 e. The lowest BCUT2D eigenvalue weighted by Gasteiger charge is -2.41. The smallest absolute Gasteiger partial charge is 0.107 e. The zero-order chi connectivity index (χ0) is 9.31. The van der Waals surface area contributed by atoms with Gasteiger partial charge in [0.15, 0.2) is 0 Å². The third-order valence-corrected chi connectivity index (χ3v) is 3.07. The minimum atomic E-state index is -0.826. The molecule has 0 aromatic rings. The van der Waals surface area contributed by atoms with E-state index in [9.17, 15) is 10.2 Å². The van der Waals surface area contributed by atoms with E-state index < -0.39 is 11.7 Å². The van der Waals surface area contributed by atoms with E-state index in [1.165, 1.54) is 0 Å². The van der Waals surface area contributed by atoms with E-state index in [2.05, 4.69) is 6.08 Å². The largest absolute Gasteiger partial charge is 0.387 e. The molecule has 0 spiro atoms. The topological polar surface area (TPSA) is 40.5 Å². The first-order chi connectivity index (χ1) is 6.22. The first-order valence-corrected chi connectivity index (χ1v) is 4.99. The maximum absolute atomic E-state index is 9.91. The molecule has 1 unspecified atom stereocenters. The summed E-state index contributed by atoms with van der Waals surface area (Å²) in [4.78, 5) is 0. The second-order valence-corrected chi connectivity index (χ2v) is 4.04. The van der Waals surface area contributed by atoms with Crippen LogP contribution in [0.5, 0.6) is 0 Å². The lowest BCUT2D eigenvalue weighted by molar-refractivity contribution is -0.109. The summed E-state index contributed by atoms with van der Waals surface area (Å²) in [6.45, 7) is 0. The average Bonchev–Trinajstić information content (AvgIpc) is 2.14. The molecule has 13 heavy (non-hydrogen) atoms. The van der Waals surface area contributed by atoms with Gasteiger partial charge in [-0.05, 0) is 37.7 Å². The van der Waals surface area contributed by atoms with Crippen LogP contribution in [0.2, 0.25) is 0 Å². The molecule has 1 fully saturated rings. The lowest BCUT2D eigenvalue weighted by atomic mass is 9.73. The Morgan fingerprint density at radius 2 is 2.08 bits per heavy atom. The molecule has 72 valence electrons. The summed E-state index contributed by atoms with van der Waals surface area (Å²) in [5.41, 5.74) is 0.0708. The van der Waals surface area contributed by atoms with Crippen molar-refractivity contribution in [2.24, 2.45) is 0 Å². The molecule has 1 atom stereocenters. The van der Waals surface area contributed by atoms with E-state index in [1.54, 1.807) is 0 Å². The fourth-order valence-corrected chi connectivity index (χ4v) is 1.96. The first-order valence-electron chi connectivity index (χ1n) is 4.99. The summed E-state index contributed by atoms with van der Waals surface area (Å²) >= 11 is 0. The Morgan fingerprint density at radius 3 is 2.54 bits per heavy atom. The van der Waals surface area contributed by atoms with Crippen molar-refractivity contribution >= 4 is 0 Å². The molecule has 0 aromatic carbocycles. The molecule has 2 N–H and O–H groups in total. The summed E-state index contributed by atoms with van der Waals surface area (Å²) in [6, 6.07) is 0. The van der Waals surface area contributed by atoms with E-state index in [0.717, 1.165) is 37.7 Å². The average molecular weight is 180 g/mol. The minimum absolute atomic E-state index is 0.669. The van der Waals surface area contributed by atoms with E-state index in [1.807, 2.05) is 12.2 Å². The zero-order valence-corrected chi connectivity index (χ0v) is 7.74. The van der Waals surface area contributed by atoms with Gasteiger partial charge in [-0.3, -0.25) is 0 Å². The molecule has 2 rings (SSSR count). The van der Waals surface area contributed by atoms with Crippen LogP contribution >= 0.6 is 0 Å². The first kappa shape index (κ1) is 8.97. The summed E-state index contributed by atoms with van der Waals surface area (Å²) in [5.74, 6) is 0. The molecule has 2 aliphatic rings. The number of aliphatic hydroxyl groups excluding tert-OH is 1. The van der Waals surface area contributed by atoms with Crippen molar-refractivity contribution in [2.45, 2.75) is 43.8 Å². The Hall–Kier alpha value is -0.600. The lowest BCUT2D eigenvalue weighted by Crippen LogP contribution is -2.48. The number of hydrogen-bond acceptors (Lipinski definition) is 2. The Bertz CT molecular complexity index is 249. The van der Waals surface area contributed by atoms with Gasteiger partial charge < -0.3 is 10.2 Å². The van der Waals surface area contributed by atoms with Gasteiger partial charge in [0.1, 0.15) is 6.10 Å². The maximum atomic E-state index is 9.91. The number of rotatable bonds is 2. The highest BCUT2D eigenvalue weighted by Gasteiger charge is 2.42. The van der Waals surface area contributed by atoms with Crippen molar-refractivity contribution in [2.75, 3.05) is 0 Å². The number of aliphatic hydroxyl groups is 2. The van der Waals surface area contributed by atoms with Gasteiger partial charge in [-0.1, -0.05) is 18.2 Å². The predicted molar refractivity (Wildman–Crippen MR) is 51.3 cm³/mol. The van der Waals surface area contributed by atoms with Crippen LogP contribution in [0.1, 0.15) is 32.1 Å². The molecule has 0 bridgehead atoms. The van der Waals surface area contributed by atoms with Gasteiger partial charge in [0.05, 0.1) is 5.60 Å². The van der Waals surface area contributed by atoms with Crippen LogP contribution < -0.4 is 0 Å². The van der Waals surface area contributed by atoms with Crippen molar-refractivity contribution in [3.8, 4) is 0 Å². The van der Waals surface area contributed by atoms with Crippen LogP contribution in [0, 0.1) is 0 Å². The van der Waals surface area contributed by atoms with Crippen LogP contribution in [-0.4, -0.2) is 21.9 Å². The normalized spacial score (nSPS) is 27.7. The Morgan fingerprint density at radius 1 is 1.31 bits per heavy atom. The molecule has 0 amide bonds. The van der Waals surface area contributed by atoms with E-state index in [0.29, 0.717) is 0 Å². The Balaban J connectivity index is 2.07. The fraction of sp³-hybridized carbons (Fsp3) is 0.636. The van der Waals surface area contributed by atoms with Crippen molar-refractivity contribution in [1.82, 2.24) is 0 Å². The molecule has 2 heteroatoms. The molecular formula is C11H16O2. The molecule has 0 saturated heterocycles. The van der Waals surface area contributed by atoms with Gasteiger partial charge in [0.25, 0.3) is 0 Å². The van der Waals surface area contributed by atoms with Gasteiger partial charge in [0.2, 0.25) is 0 Å². The van der Waals surface area contributed by atoms with Crippen LogP contribution in [0.25, 0.3) is 0 Å². The summed E-state index contributed by atoms with van der Waals surface area (Å²) < 4.78 is 0. The molecule has 2 aliphatic carbocycles. The summed E-state index contributed by atoms with van der Waals surface area (Å²) in [5, 5.41) is 19.8. The van der Waals surface area contributed by atoms with Gasteiger partial charge in [-0.15, -0.1) is 0 Å². The molecule has 0 heterocycles. The fourth-order valence-electron chi connectivity index (χ4n) is 1.96. The standard InChI is InChI=1S/C11H16O2/c12-10(11(13)7-4-8-11)9-5-2-1-3-6-9/h2,5-6,10,12-13H,1,3-4,7-8H2. The molecule has 0 aliphatic heterocycles. The van der Waals surface area contributed by atoms with E-state index >= 15 is 0 Å². The van der Waals surface area contributed by atoms with Crippen LogP contribution in [0.3, 0.4) is 0 Å². The van der Waals surface area contributed by atoms with Crippen molar-refractivity contribution in [3.63, 3.8) is 0 Å². The third-order valence-electron chi connectivity index (χ3n) is 3.07. The quantitative estimate of drug-likeness (QED) is 0.676.